The number of esters is 2. The molecule has 1 rings (SSSR count). The highest BCUT2D eigenvalue weighted by atomic mass is 16.6. The van der Waals surface area contributed by atoms with E-state index in [1.165, 1.54) is 38.4 Å². The van der Waals surface area contributed by atoms with Gasteiger partial charge in [-0.05, 0) is 12.1 Å². The van der Waals surface area contributed by atoms with Crippen molar-refractivity contribution >= 4 is 17.8 Å². The van der Waals surface area contributed by atoms with Crippen molar-refractivity contribution in [3.05, 3.63) is 30.1 Å². The predicted octanol–water partition coefficient (Wildman–Crippen LogP) is -0.349. The molecule has 1 aromatic rings. The van der Waals surface area contributed by atoms with E-state index in [1.807, 2.05) is 0 Å². The summed E-state index contributed by atoms with van der Waals surface area (Å²) in [7, 11) is 0. The monoisotopic (exact) mass is 324 g/mol. The number of nitrogens with zero attached hydrogens (tertiary/aromatic N) is 1. The third-order valence-corrected chi connectivity index (χ3v) is 3.13. The van der Waals surface area contributed by atoms with Crippen molar-refractivity contribution in [3.8, 4) is 0 Å². The van der Waals surface area contributed by atoms with Crippen LogP contribution in [0.3, 0.4) is 0 Å². The van der Waals surface area contributed by atoms with E-state index in [0.717, 1.165) is 0 Å². The SMILES string of the molecule is CC(C)(CO)[C@@H](O)C(=O)NCCC(=O)OC(=O)c1cccnc1. The van der Waals surface area contributed by atoms with Crippen molar-refractivity contribution in [1.29, 1.82) is 0 Å². The van der Waals surface area contributed by atoms with Crippen LogP contribution in [0.25, 0.3) is 0 Å². The lowest BCUT2D eigenvalue weighted by atomic mass is 9.87. The number of hydrogen-bond donors (Lipinski definition) is 3. The molecule has 3 N–H and O–H groups in total. The molecule has 0 aliphatic carbocycles. The molecule has 0 unspecified atom stereocenters. The van der Waals surface area contributed by atoms with Crippen LogP contribution >= 0.6 is 0 Å². The van der Waals surface area contributed by atoms with Gasteiger partial charge in [-0.15, -0.1) is 0 Å². The Hall–Kier alpha value is -2.32. The Morgan fingerprint density at radius 2 is 2.09 bits per heavy atom. The lowest BCUT2D eigenvalue weighted by Crippen LogP contribution is -2.46. The van der Waals surface area contributed by atoms with Gasteiger partial charge in [-0.3, -0.25) is 14.6 Å². The zero-order chi connectivity index (χ0) is 17.5. The molecule has 0 aliphatic rings. The van der Waals surface area contributed by atoms with Crippen LogP contribution < -0.4 is 5.32 Å². The van der Waals surface area contributed by atoms with E-state index in [0.29, 0.717) is 0 Å². The Morgan fingerprint density at radius 3 is 2.65 bits per heavy atom. The molecular weight excluding hydrogens is 304 g/mol. The molecular formula is C15H20N2O6. The van der Waals surface area contributed by atoms with E-state index in [9.17, 15) is 19.5 Å². The van der Waals surface area contributed by atoms with Gasteiger partial charge in [0.1, 0.15) is 6.10 Å². The maximum absolute atomic E-state index is 11.7. The molecule has 0 saturated heterocycles. The van der Waals surface area contributed by atoms with E-state index < -0.39 is 29.4 Å². The summed E-state index contributed by atoms with van der Waals surface area (Å²) in [4.78, 5) is 38.5. The van der Waals surface area contributed by atoms with Gasteiger partial charge in [-0.25, -0.2) is 4.79 Å². The number of aliphatic hydroxyl groups excluding tert-OH is 2. The normalized spacial score (nSPS) is 12.3. The van der Waals surface area contributed by atoms with Crippen molar-refractivity contribution in [1.82, 2.24) is 10.3 Å². The number of carbonyl (C=O) groups excluding carboxylic acids is 3. The molecule has 8 heteroatoms. The summed E-state index contributed by atoms with van der Waals surface area (Å²) in [6, 6.07) is 2.99. The summed E-state index contributed by atoms with van der Waals surface area (Å²) in [5.74, 6) is -2.35. The van der Waals surface area contributed by atoms with E-state index >= 15 is 0 Å². The minimum absolute atomic E-state index is 0.101. The Balaban J connectivity index is 2.37. The van der Waals surface area contributed by atoms with E-state index in [2.05, 4.69) is 15.0 Å². The molecule has 1 amide bonds. The first-order valence-electron chi connectivity index (χ1n) is 6.99. The second kappa shape index (κ2) is 8.35. The number of ether oxygens (including phenoxy) is 1. The van der Waals surface area contributed by atoms with E-state index in [4.69, 9.17) is 5.11 Å². The smallest absolute Gasteiger partial charge is 0.347 e. The van der Waals surface area contributed by atoms with Crippen LogP contribution in [-0.4, -0.2) is 52.3 Å². The first kappa shape index (κ1) is 18.7. The van der Waals surface area contributed by atoms with E-state index in [1.54, 1.807) is 0 Å². The summed E-state index contributed by atoms with van der Waals surface area (Å²) < 4.78 is 4.60. The highest BCUT2D eigenvalue weighted by Crippen LogP contribution is 2.19. The Morgan fingerprint density at radius 1 is 1.39 bits per heavy atom. The van der Waals surface area contributed by atoms with Crippen molar-refractivity contribution < 1.29 is 29.3 Å². The van der Waals surface area contributed by atoms with E-state index in [-0.39, 0.29) is 25.1 Å². The van der Waals surface area contributed by atoms with Gasteiger partial charge >= 0.3 is 11.9 Å². The first-order chi connectivity index (χ1) is 10.8. The summed E-state index contributed by atoms with van der Waals surface area (Å²) in [5, 5.41) is 21.2. The number of amides is 1. The molecule has 0 aliphatic heterocycles. The van der Waals surface area contributed by atoms with Crippen LogP contribution in [0.2, 0.25) is 0 Å². The topological polar surface area (TPSA) is 126 Å². The maximum Gasteiger partial charge on any atom is 0.347 e. The molecule has 0 fully saturated rings. The summed E-state index contributed by atoms with van der Waals surface area (Å²) in [6.45, 7) is 2.58. The van der Waals surface area contributed by atoms with Gasteiger partial charge in [-0.2, -0.15) is 0 Å². The molecule has 1 aromatic heterocycles. The quantitative estimate of drug-likeness (QED) is 0.462. The van der Waals surface area contributed by atoms with Gasteiger partial charge < -0.3 is 20.3 Å². The fraction of sp³-hybridized carbons (Fsp3) is 0.467. The Kier molecular flexibility index (Phi) is 6.80. The molecule has 0 aromatic carbocycles. The lowest BCUT2D eigenvalue weighted by Gasteiger charge is -2.27. The van der Waals surface area contributed by atoms with Gasteiger partial charge in [-0.1, -0.05) is 13.8 Å². The maximum atomic E-state index is 11.7. The van der Waals surface area contributed by atoms with Crippen LogP contribution in [0, 0.1) is 5.41 Å². The number of nitrogens with one attached hydrogen (secondary N) is 1. The predicted molar refractivity (Wildman–Crippen MR) is 79.2 cm³/mol. The molecule has 0 radical (unpaired) electrons. The highest BCUT2D eigenvalue weighted by Gasteiger charge is 2.32. The van der Waals surface area contributed by atoms with Crippen LogP contribution in [0.15, 0.2) is 24.5 Å². The van der Waals surface area contributed by atoms with Gasteiger partial charge in [0.25, 0.3) is 0 Å². The molecule has 1 heterocycles. The minimum Gasteiger partial charge on any atom is -0.396 e. The van der Waals surface area contributed by atoms with Crippen molar-refractivity contribution in [2.45, 2.75) is 26.4 Å². The molecule has 126 valence electrons. The zero-order valence-electron chi connectivity index (χ0n) is 13.0. The van der Waals surface area contributed by atoms with Gasteiger partial charge in [0, 0.05) is 24.4 Å². The average molecular weight is 324 g/mol. The number of hydrogen-bond acceptors (Lipinski definition) is 7. The second-order valence-electron chi connectivity index (χ2n) is 5.59. The zero-order valence-corrected chi connectivity index (χ0v) is 13.0. The molecule has 0 spiro atoms. The molecule has 8 nitrogen and oxygen atoms in total. The molecule has 1 atom stereocenters. The number of aliphatic hydroxyl groups is 2. The summed E-state index contributed by atoms with van der Waals surface area (Å²) in [5.41, 5.74) is -0.856. The fourth-order valence-electron chi connectivity index (χ4n) is 1.52. The van der Waals surface area contributed by atoms with Crippen LogP contribution in [0.4, 0.5) is 0 Å². The fourth-order valence-corrected chi connectivity index (χ4v) is 1.52. The lowest BCUT2D eigenvalue weighted by molar-refractivity contribution is -0.139. The third-order valence-electron chi connectivity index (χ3n) is 3.13. The summed E-state index contributed by atoms with van der Waals surface area (Å²) >= 11 is 0. The molecule has 23 heavy (non-hydrogen) atoms. The highest BCUT2D eigenvalue weighted by molar-refractivity contribution is 5.96. The minimum atomic E-state index is -1.42. The second-order valence-corrected chi connectivity index (χ2v) is 5.59. The van der Waals surface area contributed by atoms with Crippen molar-refractivity contribution in [2.24, 2.45) is 5.41 Å². The standard InChI is InChI=1S/C15H20N2O6/c1-15(2,9-18)12(20)13(21)17-7-5-11(19)23-14(22)10-4-3-6-16-8-10/h3-4,6,8,12,18,20H,5,7,9H2,1-2H3,(H,17,21)/t12-/m0/s1. The van der Waals surface area contributed by atoms with Crippen LogP contribution in [0.5, 0.6) is 0 Å². The largest absolute Gasteiger partial charge is 0.396 e. The van der Waals surface area contributed by atoms with Crippen molar-refractivity contribution in [3.63, 3.8) is 0 Å². The molecule has 0 saturated carbocycles. The number of carbonyl (C=O) groups is 3. The average Bonchev–Trinajstić information content (AvgIpc) is 2.54. The number of aromatic nitrogens is 1. The van der Waals surface area contributed by atoms with Gasteiger partial charge in [0.05, 0.1) is 18.6 Å². The van der Waals surface area contributed by atoms with Crippen LogP contribution in [0.1, 0.15) is 30.6 Å². The van der Waals surface area contributed by atoms with Crippen LogP contribution in [-0.2, 0) is 14.3 Å². The van der Waals surface area contributed by atoms with Crippen molar-refractivity contribution in [2.75, 3.05) is 13.2 Å². The number of rotatable bonds is 7. The Bertz CT molecular complexity index is 558. The third kappa shape index (κ3) is 5.76. The van der Waals surface area contributed by atoms with Gasteiger partial charge in [0.15, 0.2) is 0 Å². The summed E-state index contributed by atoms with van der Waals surface area (Å²) in [6.07, 6.45) is 1.10. The molecule has 0 bridgehead atoms. The first-order valence-corrected chi connectivity index (χ1v) is 6.99. The Labute approximate surface area is 133 Å². The van der Waals surface area contributed by atoms with Gasteiger partial charge in [0.2, 0.25) is 5.91 Å². The number of pyridine rings is 1.